The summed E-state index contributed by atoms with van der Waals surface area (Å²) in [5.41, 5.74) is 1.14. The van der Waals surface area contributed by atoms with E-state index in [1.165, 1.54) is 32.2 Å². The van der Waals surface area contributed by atoms with Gasteiger partial charge in [0, 0.05) is 44.5 Å². The molecule has 236 valence electrons. The maximum absolute atomic E-state index is 12.9. The maximum Gasteiger partial charge on any atom is 0.303 e. The van der Waals surface area contributed by atoms with E-state index in [0.717, 1.165) is 27.7 Å². The number of ether oxygens (including phenoxy) is 7. The molecule has 2 aromatic carbocycles. The quantitative estimate of drug-likeness (QED) is 0.222. The Kier molecular flexibility index (Phi) is 11.4. The molecule has 0 radical (unpaired) electrons. The van der Waals surface area contributed by atoms with Crippen LogP contribution in [0.2, 0.25) is 0 Å². The van der Waals surface area contributed by atoms with Gasteiger partial charge in [0.1, 0.15) is 12.7 Å². The predicted octanol–water partition coefficient (Wildman–Crippen LogP) is 2.61. The smallest absolute Gasteiger partial charge is 0.303 e. The van der Waals surface area contributed by atoms with E-state index in [2.05, 4.69) is 5.32 Å². The van der Waals surface area contributed by atoms with Crippen molar-refractivity contribution in [1.82, 2.24) is 0 Å². The van der Waals surface area contributed by atoms with E-state index in [4.69, 9.17) is 33.2 Å². The number of hydrogen-bond donors (Lipinski definition) is 1. The molecule has 0 unspecified atom stereocenters. The van der Waals surface area contributed by atoms with Crippen molar-refractivity contribution in [2.75, 3.05) is 19.0 Å². The third-order valence-electron chi connectivity index (χ3n) is 6.17. The van der Waals surface area contributed by atoms with Crippen LogP contribution in [0.25, 0.3) is 0 Å². The molecule has 0 aromatic heterocycles. The molecule has 14 nitrogen and oxygen atoms in total. The van der Waals surface area contributed by atoms with Gasteiger partial charge in [0.15, 0.2) is 29.5 Å². The molecule has 0 spiro atoms. The van der Waals surface area contributed by atoms with E-state index < -0.39 is 67.1 Å². The van der Waals surface area contributed by atoms with Gasteiger partial charge in [-0.15, -0.1) is 0 Å². The number of nitrogens with one attached hydrogen (secondary N) is 1. The molecule has 1 heterocycles. The van der Waals surface area contributed by atoms with Crippen LogP contribution in [-0.4, -0.2) is 80.0 Å². The minimum atomic E-state index is -1.50. The van der Waals surface area contributed by atoms with E-state index in [1.807, 2.05) is 0 Å². The number of rotatable bonds is 11. The molecular formula is C30H33NO13. The SMILES string of the molecule is COc1cc(C(=O)Nc2ccc(C(C)=O)cc2)ccc1O[C@H]1O[C@@H](COC(C)=O)[C@H](OC(C)=O)[C@@H](OC(C)=O)[C@@H]1OC(C)=O. The normalized spacial score (nSPS) is 20.8. The highest BCUT2D eigenvalue weighted by Gasteiger charge is 2.53. The lowest BCUT2D eigenvalue weighted by Crippen LogP contribution is -2.63. The molecule has 0 aliphatic carbocycles. The third-order valence-corrected chi connectivity index (χ3v) is 6.17. The highest BCUT2D eigenvalue weighted by molar-refractivity contribution is 6.05. The minimum Gasteiger partial charge on any atom is -0.493 e. The fourth-order valence-corrected chi connectivity index (χ4v) is 4.31. The number of carbonyl (C=O) groups is 6. The molecule has 1 amide bonds. The largest absolute Gasteiger partial charge is 0.493 e. The van der Waals surface area contributed by atoms with Gasteiger partial charge in [-0.25, -0.2) is 0 Å². The van der Waals surface area contributed by atoms with Gasteiger partial charge in [-0.05, 0) is 49.4 Å². The van der Waals surface area contributed by atoms with Crippen LogP contribution in [0.15, 0.2) is 42.5 Å². The average Bonchev–Trinajstić information content (AvgIpc) is 2.94. The van der Waals surface area contributed by atoms with Gasteiger partial charge in [0.2, 0.25) is 12.4 Å². The highest BCUT2D eigenvalue weighted by Crippen LogP contribution is 2.35. The van der Waals surface area contributed by atoms with Crippen molar-refractivity contribution in [3.8, 4) is 11.5 Å². The molecule has 1 N–H and O–H groups in total. The summed E-state index contributed by atoms with van der Waals surface area (Å²) in [5, 5.41) is 2.72. The van der Waals surface area contributed by atoms with Crippen LogP contribution in [0.1, 0.15) is 55.3 Å². The standard InChI is InChI=1S/C30H33NO13/c1-15(32)20-7-10-22(11-8-20)31-29(37)21-9-12-23(24(13-21)38-6)43-30-28(42-19(5)36)27(41-18(4)35)26(40-17(3)34)25(44-30)14-39-16(2)33/h7-13,25-28,30H,14H2,1-6H3,(H,31,37)/t25-,26-,27+,28-,30-/m0/s1. The number of methoxy groups -OCH3 is 1. The second-order valence-corrected chi connectivity index (χ2v) is 9.64. The number of hydrogen-bond acceptors (Lipinski definition) is 13. The van der Waals surface area contributed by atoms with Crippen LogP contribution in [-0.2, 0) is 42.9 Å². The average molecular weight is 616 g/mol. The Labute approximate surface area is 252 Å². The van der Waals surface area contributed by atoms with E-state index in [0.29, 0.717) is 11.3 Å². The van der Waals surface area contributed by atoms with Crippen molar-refractivity contribution < 1.29 is 61.9 Å². The number of anilines is 1. The Morgan fingerprint density at radius 3 is 1.82 bits per heavy atom. The summed E-state index contributed by atoms with van der Waals surface area (Å²) in [5.74, 6) is -3.50. The Bertz CT molecular complexity index is 1400. The number of Topliss-reactive ketones (excluding diaryl/α,β-unsaturated/α-hetero) is 1. The molecule has 1 aliphatic heterocycles. The van der Waals surface area contributed by atoms with Crippen molar-refractivity contribution in [2.45, 2.75) is 65.3 Å². The zero-order valence-electron chi connectivity index (χ0n) is 24.9. The first-order valence-electron chi connectivity index (χ1n) is 13.4. The molecular weight excluding hydrogens is 582 g/mol. The zero-order chi connectivity index (χ0) is 32.6. The summed E-state index contributed by atoms with van der Waals surface area (Å²) in [6, 6.07) is 10.6. The van der Waals surface area contributed by atoms with Crippen LogP contribution in [0, 0.1) is 0 Å². The lowest BCUT2D eigenvalue weighted by Gasteiger charge is -2.44. The van der Waals surface area contributed by atoms with Crippen LogP contribution in [0.3, 0.4) is 0 Å². The van der Waals surface area contributed by atoms with Gasteiger partial charge >= 0.3 is 23.9 Å². The first kappa shape index (κ1) is 33.5. The summed E-state index contributed by atoms with van der Waals surface area (Å²) < 4.78 is 38.6. The number of amides is 1. The minimum absolute atomic E-state index is 0.0377. The molecule has 2 aromatic rings. The second-order valence-electron chi connectivity index (χ2n) is 9.64. The number of ketones is 1. The number of benzene rings is 2. The summed E-state index contributed by atoms with van der Waals surface area (Å²) in [6.45, 7) is 5.49. The van der Waals surface area contributed by atoms with Crippen molar-refractivity contribution in [3.63, 3.8) is 0 Å². The topological polar surface area (TPSA) is 179 Å². The van der Waals surface area contributed by atoms with E-state index in [1.54, 1.807) is 24.3 Å². The molecule has 1 aliphatic rings. The maximum atomic E-state index is 12.9. The van der Waals surface area contributed by atoms with Gasteiger partial charge in [-0.3, -0.25) is 28.8 Å². The molecule has 5 atom stereocenters. The molecule has 3 rings (SSSR count). The number of carbonyl (C=O) groups excluding carboxylic acids is 6. The summed E-state index contributed by atoms with van der Waals surface area (Å²) in [4.78, 5) is 72.0. The summed E-state index contributed by atoms with van der Waals surface area (Å²) >= 11 is 0. The van der Waals surface area contributed by atoms with Crippen molar-refractivity contribution in [1.29, 1.82) is 0 Å². The van der Waals surface area contributed by atoms with Crippen molar-refractivity contribution in [3.05, 3.63) is 53.6 Å². The van der Waals surface area contributed by atoms with Gasteiger partial charge in [0.25, 0.3) is 5.91 Å². The fourth-order valence-electron chi connectivity index (χ4n) is 4.31. The zero-order valence-corrected chi connectivity index (χ0v) is 24.9. The Morgan fingerprint density at radius 2 is 1.27 bits per heavy atom. The van der Waals surface area contributed by atoms with Gasteiger partial charge in [0.05, 0.1) is 7.11 Å². The first-order chi connectivity index (χ1) is 20.8. The van der Waals surface area contributed by atoms with Crippen LogP contribution in [0.4, 0.5) is 5.69 Å². The number of esters is 4. The van der Waals surface area contributed by atoms with Crippen LogP contribution in [0.5, 0.6) is 11.5 Å². The van der Waals surface area contributed by atoms with E-state index in [9.17, 15) is 28.8 Å². The fraction of sp³-hybridized carbons (Fsp3) is 0.400. The van der Waals surface area contributed by atoms with Gasteiger partial charge in [-0.1, -0.05) is 0 Å². The second kappa shape index (κ2) is 15.0. The lowest BCUT2D eigenvalue weighted by atomic mass is 9.98. The van der Waals surface area contributed by atoms with E-state index >= 15 is 0 Å². The summed E-state index contributed by atoms with van der Waals surface area (Å²) in [7, 11) is 1.33. The van der Waals surface area contributed by atoms with E-state index in [-0.39, 0.29) is 22.8 Å². The molecule has 0 saturated carbocycles. The van der Waals surface area contributed by atoms with Crippen LogP contribution >= 0.6 is 0 Å². The molecule has 0 bridgehead atoms. The molecule has 44 heavy (non-hydrogen) atoms. The Balaban J connectivity index is 1.93. The predicted molar refractivity (Wildman–Crippen MR) is 150 cm³/mol. The first-order valence-corrected chi connectivity index (χ1v) is 13.4. The summed E-state index contributed by atoms with van der Waals surface area (Å²) in [6.07, 6.45) is -6.94. The van der Waals surface area contributed by atoms with Crippen LogP contribution < -0.4 is 14.8 Å². The Morgan fingerprint density at radius 1 is 0.705 bits per heavy atom. The molecule has 1 saturated heterocycles. The molecule has 14 heteroatoms. The highest BCUT2D eigenvalue weighted by atomic mass is 16.7. The van der Waals surface area contributed by atoms with Crippen molar-refractivity contribution in [2.24, 2.45) is 0 Å². The monoisotopic (exact) mass is 615 g/mol. The Hall–Kier alpha value is -4.98. The lowest BCUT2D eigenvalue weighted by molar-refractivity contribution is -0.288. The van der Waals surface area contributed by atoms with Crippen molar-refractivity contribution >= 4 is 41.3 Å². The van der Waals surface area contributed by atoms with Gasteiger partial charge < -0.3 is 38.5 Å². The third kappa shape index (κ3) is 9.01. The molecule has 1 fully saturated rings. The van der Waals surface area contributed by atoms with Gasteiger partial charge in [-0.2, -0.15) is 0 Å².